The molecule has 1 aromatic heterocycles. The van der Waals surface area contributed by atoms with E-state index in [0.29, 0.717) is 19.7 Å². The molecule has 1 aliphatic rings. The highest BCUT2D eigenvalue weighted by atomic mass is 32.1. The number of carbonyl (C=O) groups excluding carboxylic acids is 2. The molecule has 0 fully saturated rings. The maximum Gasteiger partial charge on any atom is 0.249 e. The molecule has 0 bridgehead atoms. The summed E-state index contributed by atoms with van der Waals surface area (Å²) in [4.78, 5) is 30.0. The average molecular weight is 415 g/mol. The summed E-state index contributed by atoms with van der Waals surface area (Å²) in [5.74, 6) is 0.437. The smallest absolute Gasteiger partial charge is 0.249 e. The van der Waals surface area contributed by atoms with Crippen LogP contribution < -0.4 is 4.74 Å². The van der Waals surface area contributed by atoms with Crippen LogP contribution in [0.2, 0.25) is 0 Å². The summed E-state index contributed by atoms with van der Waals surface area (Å²) in [6.07, 6.45) is 2.43. The van der Waals surface area contributed by atoms with Crippen LogP contribution in [0, 0.1) is 0 Å². The minimum Gasteiger partial charge on any atom is -0.491 e. The number of hydrogen-bond donors (Lipinski definition) is 0. The van der Waals surface area contributed by atoms with Crippen molar-refractivity contribution in [1.29, 1.82) is 0 Å². The van der Waals surface area contributed by atoms with Gasteiger partial charge in [-0.3, -0.25) is 9.59 Å². The van der Waals surface area contributed by atoms with Gasteiger partial charge in [-0.15, -0.1) is 17.9 Å². The molecule has 0 aliphatic carbocycles. The van der Waals surface area contributed by atoms with Crippen molar-refractivity contribution in [2.24, 2.45) is 0 Å². The lowest BCUT2D eigenvalue weighted by Gasteiger charge is -2.37. The Balaban J connectivity index is 1.75. The summed E-state index contributed by atoms with van der Waals surface area (Å²) in [7, 11) is 1.46. The lowest BCUT2D eigenvalue weighted by atomic mass is 10.0. The first-order chi connectivity index (χ1) is 14.1. The van der Waals surface area contributed by atoms with Crippen molar-refractivity contribution in [3.63, 3.8) is 0 Å². The first-order valence-electron chi connectivity index (χ1n) is 9.55. The van der Waals surface area contributed by atoms with E-state index in [1.807, 2.05) is 35.2 Å². The molecule has 7 heteroatoms. The van der Waals surface area contributed by atoms with E-state index in [4.69, 9.17) is 9.47 Å². The number of carbonyl (C=O) groups is 2. The van der Waals surface area contributed by atoms with Crippen molar-refractivity contribution in [3.05, 3.63) is 64.9 Å². The van der Waals surface area contributed by atoms with Crippen molar-refractivity contribution < 1.29 is 19.1 Å². The molecule has 2 amide bonds. The number of rotatable bonds is 9. The van der Waals surface area contributed by atoms with Crippen LogP contribution in [0.3, 0.4) is 0 Å². The fraction of sp³-hybridized carbons (Fsp3) is 0.364. The summed E-state index contributed by atoms with van der Waals surface area (Å²) < 4.78 is 10.9. The Kier molecular flexibility index (Phi) is 7.43. The third kappa shape index (κ3) is 5.25. The van der Waals surface area contributed by atoms with E-state index >= 15 is 0 Å². The molecule has 1 unspecified atom stereocenters. The summed E-state index contributed by atoms with van der Waals surface area (Å²) in [5.41, 5.74) is 1.13. The predicted octanol–water partition coefficient (Wildman–Crippen LogP) is 2.91. The van der Waals surface area contributed by atoms with Gasteiger partial charge >= 0.3 is 0 Å². The van der Waals surface area contributed by atoms with Crippen LogP contribution in [-0.4, -0.2) is 61.6 Å². The number of ether oxygens (including phenoxy) is 2. The van der Waals surface area contributed by atoms with E-state index in [0.717, 1.165) is 17.7 Å². The van der Waals surface area contributed by atoms with Gasteiger partial charge in [0.15, 0.2) is 0 Å². The molecule has 2 aromatic rings. The van der Waals surface area contributed by atoms with E-state index in [1.165, 1.54) is 16.9 Å². The van der Waals surface area contributed by atoms with Crippen LogP contribution in [0.15, 0.2) is 54.4 Å². The highest BCUT2D eigenvalue weighted by Crippen LogP contribution is 2.34. The molecule has 29 heavy (non-hydrogen) atoms. The van der Waals surface area contributed by atoms with Crippen molar-refractivity contribution >= 4 is 23.2 Å². The second-order valence-electron chi connectivity index (χ2n) is 6.77. The normalized spacial score (nSPS) is 15.5. The molecule has 1 atom stereocenters. The highest BCUT2D eigenvalue weighted by Gasteiger charge is 2.33. The number of fused-ring (bicyclic) bond motifs is 1. The first-order valence-corrected chi connectivity index (χ1v) is 10.4. The SMILES string of the molecule is C=CCN(CC(=O)N1CCc2sccc2C1COc1ccccc1)C(=O)COC. The summed E-state index contributed by atoms with van der Waals surface area (Å²) >= 11 is 1.71. The molecule has 3 rings (SSSR count). The van der Waals surface area contributed by atoms with Crippen LogP contribution in [0.25, 0.3) is 0 Å². The predicted molar refractivity (Wildman–Crippen MR) is 113 cm³/mol. The minimum atomic E-state index is -0.230. The Labute approximate surface area is 175 Å². The molecule has 1 aliphatic heterocycles. The Morgan fingerprint density at radius 2 is 2.10 bits per heavy atom. The van der Waals surface area contributed by atoms with Gasteiger partial charge in [0.1, 0.15) is 25.5 Å². The second-order valence-corrected chi connectivity index (χ2v) is 7.77. The van der Waals surface area contributed by atoms with Gasteiger partial charge in [0.25, 0.3) is 0 Å². The lowest BCUT2D eigenvalue weighted by Crippen LogP contribution is -2.48. The Morgan fingerprint density at radius 3 is 2.83 bits per heavy atom. The number of methoxy groups -OCH3 is 1. The second kappa shape index (κ2) is 10.2. The van der Waals surface area contributed by atoms with E-state index in [-0.39, 0.29) is 31.0 Å². The molecule has 154 valence electrons. The average Bonchev–Trinajstić information content (AvgIpc) is 3.21. The van der Waals surface area contributed by atoms with E-state index in [9.17, 15) is 9.59 Å². The zero-order valence-corrected chi connectivity index (χ0v) is 17.4. The summed E-state index contributed by atoms with van der Waals surface area (Å²) in [6, 6.07) is 11.5. The topological polar surface area (TPSA) is 59.1 Å². The van der Waals surface area contributed by atoms with Crippen LogP contribution in [0.4, 0.5) is 0 Å². The minimum absolute atomic E-state index is 0.00444. The highest BCUT2D eigenvalue weighted by molar-refractivity contribution is 7.10. The van der Waals surface area contributed by atoms with E-state index in [1.54, 1.807) is 17.4 Å². The molecule has 0 spiro atoms. The number of amides is 2. The standard InChI is InChI=1S/C22H26N2O4S/c1-3-11-23(22(26)16-27-2)14-21(25)24-12-9-20-18(10-13-29-20)19(24)15-28-17-7-5-4-6-8-17/h3-8,10,13,19H,1,9,11-12,14-16H2,2H3. The maximum absolute atomic E-state index is 13.2. The zero-order valence-electron chi connectivity index (χ0n) is 16.6. The van der Waals surface area contributed by atoms with Crippen LogP contribution in [0.5, 0.6) is 5.75 Å². The van der Waals surface area contributed by atoms with Crippen LogP contribution >= 0.6 is 11.3 Å². The van der Waals surface area contributed by atoms with Gasteiger partial charge in [-0.05, 0) is 35.6 Å². The molecule has 6 nitrogen and oxygen atoms in total. The number of nitrogens with zero attached hydrogens (tertiary/aromatic N) is 2. The molecule has 2 heterocycles. The Morgan fingerprint density at radius 1 is 1.31 bits per heavy atom. The number of benzene rings is 1. The van der Waals surface area contributed by atoms with Crippen LogP contribution in [0.1, 0.15) is 16.5 Å². The Bertz CT molecular complexity index is 836. The molecule has 0 saturated heterocycles. The monoisotopic (exact) mass is 414 g/mol. The molecule has 0 saturated carbocycles. The number of para-hydroxylation sites is 1. The molecular formula is C22H26N2O4S. The van der Waals surface area contributed by atoms with Crippen molar-refractivity contribution in [3.8, 4) is 5.75 Å². The van der Waals surface area contributed by atoms with Gasteiger partial charge in [0.2, 0.25) is 11.8 Å². The van der Waals surface area contributed by atoms with Crippen LogP contribution in [-0.2, 0) is 20.7 Å². The van der Waals surface area contributed by atoms with Gasteiger partial charge < -0.3 is 19.3 Å². The number of hydrogen-bond acceptors (Lipinski definition) is 5. The van der Waals surface area contributed by atoms with Gasteiger partial charge in [0.05, 0.1) is 6.04 Å². The quantitative estimate of drug-likeness (QED) is 0.592. The van der Waals surface area contributed by atoms with E-state index < -0.39 is 0 Å². The van der Waals surface area contributed by atoms with Gasteiger partial charge in [-0.1, -0.05) is 24.3 Å². The van der Waals surface area contributed by atoms with E-state index in [2.05, 4.69) is 18.0 Å². The van der Waals surface area contributed by atoms with Gasteiger partial charge in [0, 0.05) is 25.1 Å². The van der Waals surface area contributed by atoms with Gasteiger partial charge in [-0.2, -0.15) is 0 Å². The first kappa shape index (κ1) is 21.1. The summed E-state index contributed by atoms with van der Waals surface area (Å²) in [6.45, 7) is 4.90. The third-order valence-corrected chi connectivity index (χ3v) is 5.86. The zero-order chi connectivity index (χ0) is 20.6. The molecule has 0 N–H and O–H groups in total. The van der Waals surface area contributed by atoms with Gasteiger partial charge in [-0.25, -0.2) is 0 Å². The maximum atomic E-state index is 13.2. The largest absolute Gasteiger partial charge is 0.491 e. The van der Waals surface area contributed by atoms with Crippen molar-refractivity contribution in [2.45, 2.75) is 12.5 Å². The van der Waals surface area contributed by atoms with Crippen molar-refractivity contribution in [1.82, 2.24) is 9.80 Å². The fourth-order valence-corrected chi connectivity index (χ4v) is 4.37. The lowest BCUT2D eigenvalue weighted by molar-refractivity contribution is -0.144. The molecular weight excluding hydrogens is 388 g/mol. The molecule has 0 radical (unpaired) electrons. The number of thiophene rings is 1. The summed E-state index contributed by atoms with van der Waals surface area (Å²) in [5, 5.41) is 2.06. The Hall–Kier alpha value is -2.64. The molecule has 1 aromatic carbocycles. The van der Waals surface area contributed by atoms with Crippen molar-refractivity contribution in [2.75, 3.05) is 40.0 Å². The third-order valence-electron chi connectivity index (χ3n) is 4.86. The fourth-order valence-electron chi connectivity index (χ4n) is 3.45.